The van der Waals surface area contributed by atoms with E-state index >= 15 is 26.3 Å². The molecule has 4 aliphatic rings. The Morgan fingerprint density at radius 2 is 1.01 bits per heavy atom. The molecule has 30 heteroatoms. The van der Waals surface area contributed by atoms with E-state index < -0.39 is 116 Å². The minimum absolute atomic E-state index is 0.0103. The van der Waals surface area contributed by atoms with Crippen LogP contribution in [0.3, 0.4) is 0 Å². The standard InChI is InChI=1S/C25H21F4N3O2S.C25H29F3N4O3.C23H20F4N4O2/c1-12-9-15(4-7-18(12)26)31-23(33)14-3-6-19(27)17(10-14)25(28,29)24(34)32-16-5-8-21(32)22-20(11-16)30-13(2)35-22;1-14-11-17(6-7-19(14)26)31-22(34)16-5-8-20(29)18(12-16)25(27,28)23(35)32-10-9-21(30-15(2)33)24(3,4)13-32;1-13-9-16(4-6-19(13)24)29-21(32)15-3-5-20(25)18(10-15)23(26,27)22(33)30-7-8-31-14(2)28-11-17(31)12-30/h3-4,6-7,9-10,16,21H,5,8,11H2,1-2H3,(H,31,33);5-8,11-12,21H,9-10,13,29H2,1-4H3,(H,30,33)(H,31,34);3-6,9-11H,7-8,12H2,1-2H3,(H,29,32). The number of likely N-dealkylation sites (tertiary alicyclic amines) is 1. The van der Waals surface area contributed by atoms with Crippen LogP contribution in [-0.4, -0.2) is 102 Å². The van der Waals surface area contributed by atoms with Gasteiger partial charge in [0.15, 0.2) is 0 Å². The Bertz CT molecular complexity index is 4700. The van der Waals surface area contributed by atoms with Gasteiger partial charge in [-0.05, 0) is 180 Å². The van der Waals surface area contributed by atoms with Gasteiger partial charge in [0, 0.05) is 96.5 Å². The minimum Gasteiger partial charge on any atom is -0.398 e. The average molecular weight is 1450 g/mol. The van der Waals surface area contributed by atoms with Crippen molar-refractivity contribution in [1.29, 1.82) is 0 Å². The number of nitrogens with two attached hydrogens (primary N) is 1. The summed E-state index contributed by atoms with van der Waals surface area (Å²) in [4.78, 5) is 101. The number of nitrogen functional groups attached to an aromatic ring is 1. The number of aryl methyl sites for hydroxylation is 5. The van der Waals surface area contributed by atoms with E-state index in [1.54, 1.807) is 20.8 Å². The fourth-order valence-corrected chi connectivity index (χ4v) is 14.0. The molecule has 3 unspecified atom stereocenters. The van der Waals surface area contributed by atoms with Crippen LogP contribution in [0, 0.1) is 69.1 Å². The Morgan fingerprint density at radius 3 is 1.50 bits per heavy atom. The third-order valence-electron chi connectivity index (χ3n) is 18.4. The third-order valence-corrected chi connectivity index (χ3v) is 19.5. The highest BCUT2D eigenvalue weighted by atomic mass is 32.1. The monoisotopic (exact) mass is 1450 g/mol. The van der Waals surface area contributed by atoms with Gasteiger partial charge >= 0.3 is 17.8 Å². The topological polar surface area (TPSA) is 234 Å². The van der Waals surface area contributed by atoms with Crippen LogP contribution < -0.4 is 27.0 Å². The van der Waals surface area contributed by atoms with E-state index in [1.807, 2.05) is 11.5 Å². The number of anilines is 4. The van der Waals surface area contributed by atoms with Gasteiger partial charge in [-0.2, -0.15) is 26.3 Å². The predicted octanol–water partition coefficient (Wildman–Crippen LogP) is 13.7. The molecule has 0 spiro atoms. The molecular formula is C73H70F11N11O7S. The highest BCUT2D eigenvalue weighted by Gasteiger charge is 2.55. The molecule has 2 fully saturated rings. The van der Waals surface area contributed by atoms with Crippen LogP contribution in [0.25, 0.3) is 0 Å². The first-order valence-corrected chi connectivity index (χ1v) is 33.2. The van der Waals surface area contributed by atoms with Gasteiger partial charge in [0.25, 0.3) is 35.4 Å². The second-order valence-electron chi connectivity index (χ2n) is 26.3. The molecule has 6 heterocycles. The molecule has 0 saturated carbocycles. The largest absolute Gasteiger partial charge is 0.398 e. The maximum absolute atomic E-state index is 15.5. The average Bonchev–Trinajstić information content (AvgIpc) is 1.63. The van der Waals surface area contributed by atoms with E-state index in [9.17, 15) is 55.5 Å². The second-order valence-corrected chi connectivity index (χ2v) is 27.5. The third kappa shape index (κ3) is 15.9. The summed E-state index contributed by atoms with van der Waals surface area (Å²) < 4.78 is 163. The predicted molar refractivity (Wildman–Crippen MR) is 361 cm³/mol. The number of hydrogen-bond acceptors (Lipinski definition) is 11. The number of aromatic nitrogens is 3. The van der Waals surface area contributed by atoms with Crippen LogP contribution >= 0.6 is 11.3 Å². The normalized spacial score (nSPS) is 16.8. The number of hydrogen-bond donors (Lipinski definition) is 5. The van der Waals surface area contributed by atoms with Gasteiger partial charge in [0.05, 0.1) is 56.7 Å². The van der Waals surface area contributed by atoms with Crippen LogP contribution in [0.2, 0.25) is 0 Å². The lowest BCUT2D eigenvalue weighted by Gasteiger charge is -2.45. The van der Waals surface area contributed by atoms with Gasteiger partial charge in [0.2, 0.25) is 5.91 Å². The molecule has 6 N–H and O–H groups in total. The molecular weight excluding hydrogens is 1380 g/mol. The van der Waals surface area contributed by atoms with Crippen LogP contribution in [0.1, 0.15) is 138 Å². The maximum Gasteiger partial charge on any atom is 0.352 e. The zero-order valence-electron chi connectivity index (χ0n) is 56.7. The number of thiazole rings is 1. The SMILES string of the molecule is CC(=O)NC1CCN(C(=O)C(F)(F)c2cc(C(=O)Nc3ccc(F)c(C)c3)ccc2N)CC1(C)C.Cc1cc(NC(=O)c2ccc(F)c(C(F)(F)C(=O)N3CCn4c(cnc4C)C3)c2)ccc1F.Cc1nc2c(s1)C1CCC(C2)N1C(=O)C(F)(F)c1cc(C(=O)Nc2ccc(F)c(C)c2)ccc1F. The molecule has 103 heavy (non-hydrogen) atoms. The number of alkyl halides is 6. The molecule has 18 nitrogen and oxygen atoms in total. The van der Waals surface area contributed by atoms with Crippen molar-refractivity contribution in [1.82, 2.24) is 34.6 Å². The number of fused-ring (bicyclic) bond motifs is 5. The lowest BCUT2D eigenvalue weighted by molar-refractivity contribution is -0.163. The van der Waals surface area contributed by atoms with Crippen molar-refractivity contribution in [3.8, 4) is 0 Å². The highest BCUT2D eigenvalue weighted by molar-refractivity contribution is 7.11. The Hall–Kier alpha value is -10.5. The van der Waals surface area contributed by atoms with E-state index in [0.29, 0.717) is 67.1 Å². The van der Waals surface area contributed by atoms with Gasteiger partial charge in [-0.15, -0.1) is 11.3 Å². The fraction of sp³-hybridized carbons (Fsp3) is 0.329. The van der Waals surface area contributed by atoms with Crippen molar-refractivity contribution < 1.29 is 81.9 Å². The summed E-state index contributed by atoms with van der Waals surface area (Å²) in [5, 5.41) is 11.1. The summed E-state index contributed by atoms with van der Waals surface area (Å²) in [7, 11) is 0. The van der Waals surface area contributed by atoms with Gasteiger partial charge in [0.1, 0.15) is 34.9 Å². The van der Waals surface area contributed by atoms with Crippen molar-refractivity contribution in [2.45, 2.75) is 130 Å². The van der Waals surface area contributed by atoms with Crippen LogP contribution in [0.5, 0.6) is 0 Å². The zero-order chi connectivity index (χ0) is 75.1. The number of imidazole rings is 1. The summed E-state index contributed by atoms with van der Waals surface area (Å²) in [6, 6.07) is 18.7. The smallest absolute Gasteiger partial charge is 0.352 e. The van der Waals surface area contributed by atoms with Gasteiger partial charge in [-0.25, -0.2) is 31.9 Å². The van der Waals surface area contributed by atoms with E-state index in [2.05, 4.69) is 31.2 Å². The molecule has 6 aromatic carbocycles. The number of rotatable bonds is 13. The van der Waals surface area contributed by atoms with Gasteiger partial charge in [-0.1, -0.05) is 13.8 Å². The summed E-state index contributed by atoms with van der Waals surface area (Å²) in [5.74, 6) is -22.6. The van der Waals surface area contributed by atoms with Gasteiger partial charge < -0.3 is 46.3 Å². The van der Waals surface area contributed by atoms with Crippen molar-refractivity contribution in [3.05, 3.63) is 222 Å². The molecule has 0 radical (unpaired) electrons. The molecule has 2 bridgehead atoms. The van der Waals surface area contributed by atoms with E-state index in [1.165, 1.54) is 98.7 Å². The molecule has 12 rings (SSSR count). The number of piperidine rings is 1. The van der Waals surface area contributed by atoms with Crippen molar-refractivity contribution in [2.75, 3.05) is 41.3 Å². The molecule has 8 aromatic rings. The van der Waals surface area contributed by atoms with Crippen LogP contribution in [0.15, 0.2) is 115 Å². The Labute approximate surface area is 587 Å². The minimum atomic E-state index is -4.19. The fourth-order valence-electron chi connectivity index (χ4n) is 12.9. The number of amides is 7. The van der Waals surface area contributed by atoms with Crippen LogP contribution in [0.4, 0.5) is 71.0 Å². The summed E-state index contributed by atoms with van der Waals surface area (Å²) in [6.45, 7) is 13.4. The van der Waals surface area contributed by atoms with Crippen molar-refractivity contribution in [3.63, 3.8) is 0 Å². The van der Waals surface area contributed by atoms with E-state index in [-0.39, 0.29) is 83.0 Å². The summed E-state index contributed by atoms with van der Waals surface area (Å²) >= 11 is 1.39. The van der Waals surface area contributed by atoms with E-state index in [0.717, 1.165) is 73.9 Å². The van der Waals surface area contributed by atoms with Gasteiger partial charge in [-0.3, -0.25) is 33.6 Å². The molecule has 4 aliphatic heterocycles. The summed E-state index contributed by atoms with van der Waals surface area (Å²) in [5.41, 5.74) is 4.17. The summed E-state index contributed by atoms with van der Waals surface area (Å²) in [6.07, 6.45) is 3.33. The molecule has 542 valence electrons. The Kier molecular flexibility index (Phi) is 21.5. The van der Waals surface area contributed by atoms with Crippen molar-refractivity contribution in [2.24, 2.45) is 5.41 Å². The Balaban J connectivity index is 0.000000166. The first-order valence-electron chi connectivity index (χ1n) is 32.4. The lowest BCUT2D eigenvalue weighted by atomic mass is 9.78. The van der Waals surface area contributed by atoms with Crippen molar-refractivity contribution >= 4 is 75.4 Å². The number of benzene rings is 6. The number of nitrogens with zero attached hydrogens (tertiary/aromatic N) is 6. The number of carbonyl (C=O) groups is 7. The molecule has 0 aliphatic carbocycles. The van der Waals surface area contributed by atoms with Crippen LogP contribution in [-0.2, 0) is 56.5 Å². The number of carbonyl (C=O) groups excluding carboxylic acids is 7. The highest BCUT2D eigenvalue weighted by Crippen LogP contribution is 2.49. The number of nitrogens with one attached hydrogen (secondary N) is 4. The maximum atomic E-state index is 15.5. The molecule has 2 saturated heterocycles. The lowest BCUT2D eigenvalue weighted by Crippen LogP contribution is -2.58. The molecule has 3 atom stereocenters. The molecule has 2 aromatic heterocycles. The Morgan fingerprint density at radius 1 is 0.553 bits per heavy atom. The quantitative estimate of drug-likeness (QED) is 0.0541. The number of halogens is 11. The molecule has 7 amide bonds. The first-order chi connectivity index (χ1) is 48.3. The van der Waals surface area contributed by atoms with E-state index in [4.69, 9.17) is 5.73 Å². The second kappa shape index (κ2) is 29.4. The zero-order valence-corrected chi connectivity index (χ0v) is 57.6. The first kappa shape index (κ1) is 75.2.